The number of nitrogens with one attached hydrogen (secondary N) is 4. The molecule has 1 aromatic carbocycles. The van der Waals surface area contributed by atoms with Crippen molar-refractivity contribution in [2.45, 2.75) is 130 Å². The average Bonchev–Trinajstić information content (AvgIpc) is 1.02. The van der Waals surface area contributed by atoms with Crippen molar-refractivity contribution >= 4 is 58.9 Å². The zero-order valence-electron chi connectivity index (χ0n) is 55.8. The molecule has 5 rings (SSSR count). The maximum Gasteiger partial charge on any atom is 0.405 e. The van der Waals surface area contributed by atoms with Crippen LogP contribution in [0.1, 0.15) is 102 Å². The minimum atomic E-state index is -1.10. The molecule has 95 heavy (non-hydrogen) atoms. The van der Waals surface area contributed by atoms with Crippen molar-refractivity contribution in [2.75, 3.05) is 61.3 Å². The van der Waals surface area contributed by atoms with Gasteiger partial charge in [-0.2, -0.15) is 0 Å². The van der Waals surface area contributed by atoms with E-state index < -0.39 is 138 Å². The van der Waals surface area contributed by atoms with Crippen LogP contribution in [0.3, 0.4) is 0 Å². The molecule has 10 N–H and O–H groups in total. The quantitative estimate of drug-likeness (QED) is 0.0357. The van der Waals surface area contributed by atoms with Gasteiger partial charge in [-0.25, -0.2) is 14.4 Å². The van der Waals surface area contributed by atoms with E-state index in [1.807, 2.05) is 0 Å². The molecule has 0 fully saturated rings. The molecule has 516 valence electrons. The fourth-order valence-electron chi connectivity index (χ4n) is 11.2. The third kappa shape index (κ3) is 21.6. The predicted molar refractivity (Wildman–Crippen MR) is 347 cm³/mol. The number of ketones is 4. The number of hydrogen-bond acceptors (Lipinski definition) is 23. The van der Waals surface area contributed by atoms with Crippen LogP contribution in [0, 0.1) is 23.7 Å². The molecule has 1 aromatic rings. The molecule has 0 aromatic heterocycles. The summed E-state index contributed by atoms with van der Waals surface area (Å²) in [5.41, 5.74) is 11.8. The van der Waals surface area contributed by atoms with Crippen molar-refractivity contribution in [3.05, 3.63) is 152 Å². The first kappa shape index (κ1) is 76.9. The SMILES string of the molecule is COC1/C=C\C=C(/C)C(=O)NC2=CC(=O)C(NCCOC(=O)c3ccc(C(=O)OCCNC4=C5CC(C)CC(OC)C(O)C(C)/C=C(\C)C(OC(=O)CN)C(OC)/C=C\C=C(/C)C(=O)NC(=CC4=O)C5=O)cc3)=C(CC(C)CC(OC)C(O)C(C)/C=C(\C)C1OC(N)=O)C2=O. The molecule has 2 aliphatic heterocycles. The van der Waals surface area contributed by atoms with Crippen LogP contribution in [0.15, 0.2) is 141 Å². The molecule has 4 bridgehead atoms. The van der Waals surface area contributed by atoms with E-state index in [1.54, 1.807) is 59.8 Å². The van der Waals surface area contributed by atoms with Gasteiger partial charge in [-0.1, -0.05) is 76.3 Å². The highest BCUT2D eigenvalue weighted by Gasteiger charge is 2.37. The number of benzene rings is 1. The van der Waals surface area contributed by atoms with E-state index in [2.05, 4.69) is 21.3 Å². The van der Waals surface area contributed by atoms with Crippen molar-refractivity contribution < 1.29 is 96.1 Å². The minimum Gasteiger partial charge on any atom is -0.460 e. The van der Waals surface area contributed by atoms with Crippen LogP contribution in [-0.4, -0.2) is 179 Å². The minimum absolute atomic E-state index is 0.0112. The number of carbonyl (C=O) groups is 10. The lowest BCUT2D eigenvalue weighted by atomic mass is 9.85. The number of Topliss-reactive ketones (excluding diaryl/α,β-unsaturated/α-hetero) is 2. The number of methoxy groups -OCH3 is 4. The molecule has 2 heterocycles. The predicted octanol–water partition coefficient (Wildman–Crippen LogP) is 4.14. The van der Waals surface area contributed by atoms with Crippen LogP contribution in [-0.2, 0) is 71.5 Å². The van der Waals surface area contributed by atoms with E-state index >= 15 is 0 Å². The van der Waals surface area contributed by atoms with Gasteiger partial charge in [0.1, 0.15) is 25.4 Å². The summed E-state index contributed by atoms with van der Waals surface area (Å²) in [4.78, 5) is 134. The topological polar surface area (TPSA) is 385 Å². The summed E-state index contributed by atoms with van der Waals surface area (Å²) in [6, 6.07) is 5.35. The number of aliphatic hydroxyl groups is 2. The molecule has 26 nitrogen and oxygen atoms in total. The van der Waals surface area contributed by atoms with Gasteiger partial charge in [-0.05, 0) is 101 Å². The van der Waals surface area contributed by atoms with Gasteiger partial charge in [0, 0.05) is 87.8 Å². The van der Waals surface area contributed by atoms with Gasteiger partial charge >= 0.3 is 24.0 Å². The van der Waals surface area contributed by atoms with Crippen molar-refractivity contribution in [3.8, 4) is 0 Å². The number of amides is 3. The monoisotopic (exact) mass is 1320 g/mol. The highest BCUT2D eigenvalue weighted by Crippen LogP contribution is 2.32. The zero-order chi connectivity index (χ0) is 70.4. The molecule has 0 radical (unpaired) electrons. The molecular weight excluding hydrogens is 1230 g/mol. The number of rotatable bonds is 17. The molecule has 4 aliphatic rings. The molecule has 12 unspecified atom stereocenters. The Balaban J connectivity index is 1.26. The van der Waals surface area contributed by atoms with E-state index in [0.29, 0.717) is 11.1 Å². The lowest BCUT2D eigenvalue weighted by Crippen LogP contribution is -2.38. The first-order chi connectivity index (χ1) is 45.1. The summed E-state index contributed by atoms with van der Waals surface area (Å²) in [6.45, 7) is 12.2. The van der Waals surface area contributed by atoms with Gasteiger partial charge in [0.25, 0.3) is 11.8 Å². The Bertz CT molecular complexity index is 3370. The van der Waals surface area contributed by atoms with E-state index in [-0.39, 0.29) is 108 Å². The Hall–Kier alpha value is -8.76. The first-order valence-electron chi connectivity index (χ1n) is 31.1. The van der Waals surface area contributed by atoms with Crippen LogP contribution in [0.5, 0.6) is 0 Å². The number of ether oxygens (including phenoxy) is 8. The number of allylic oxidation sites excluding steroid dienone is 8. The van der Waals surface area contributed by atoms with Gasteiger partial charge < -0.3 is 80.8 Å². The lowest BCUT2D eigenvalue weighted by Gasteiger charge is -2.30. The van der Waals surface area contributed by atoms with Gasteiger partial charge in [-0.15, -0.1) is 0 Å². The number of carbonyl (C=O) groups excluding carboxylic acids is 10. The molecule has 2 aliphatic carbocycles. The summed E-state index contributed by atoms with van der Waals surface area (Å²) < 4.78 is 44.9. The number of nitrogens with two attached hydrogens (primary N) is 2. The number of aliphatic hydroxyl groups excluding tert-OH is 2. The van der Waals surface area contributed by atoms with Gasteiger partial charge in [-0.3, -0.25) is 33.6 Å². The molecule has 0 saturated heterocycles. The van der Waals surface area contributed by atoms with Crippen molar-refractivity contribution in [1.29, 1.82) is 0 Å². The van der Waals surface area contributed by atoms with Crippen LogP contribution < -0.4 is 32.7 Å². The fraction of sp³-hybridized carbons (Fsp3) is 0.478. The van der Waals surface area contributed by atoms with Crippen LogP contribution in [0.4, 0.5) is 4.79 Å². The molecule has 0 saturated carbocycles. The molecule has 12 atom stereocenters. The van der Waals surface area contributed by atoms with Gasteiger partial charge in [0.05, 0.1) is 64.9 Å². The summed E-state index contributed by atoms with van der Waals surface area (Å²) in [6.07, 6.45) is 6.29. The second-order valence-electron chi connectivity index (χ2n) is 23.8. The molecule has 26 heteroatoms. The van der Waals surface area contributed by atoms with Crippen LogP contribution in [0.2, 0.25) is 0 Å². The normalized spacial score (nSPS) is 29.4. The van der Waals surface area contributed by atoms with Crippen LogP contribution >= 0.6 is 0 Å². The van der Waals surface area contributed by atoms with Crippen molar-refractivity contribution in [3.63, 3.8) is 0 Å². The van der Waals surface area contributed by atoms with E-state index in [1.165, 1.54) is 96.9 Å². The van der Waals surface area contributed by atoms with Crippen molar-refractivity contribution in [2.24, 2.45) is 35.1 Å². The van der Waals surface area contributed by atoms with E-state index in [9.17, 15) is 58.2 Å². The highest BCUT2D eigenvalue weighted by molar-refractivity contribution is 6.24. The van der Waals surface area contributed by atoms with Gasteiger partial charge in [0.2, 0.25) is 23.1 Å². The fourth-order valence-corrected chi connectivity index (χ4v) is 11.2. The molecule has 3 amide bonds. The summed E-state index contributed by atoms with van der Waals surface area (Å²) in [5, 5.41) is 34.1. The Labute approximate surface area is 552 Å². The van der Waals surface area contributed by atoms with Crippen molar-refractivity contribution in [1.82, 2.24) is 21.3 Å². The largest absolute Gasteiger partial charge is 0.460 e. The van der Waals surface area contributed by atoms with E-state index in [4.69, 9.17) is 49.4 Å². The third-order valence-corrected chi connectivity index (χ3v) is 16.4. The summed E-state index contributed by atoms with van der Waals surface area (Å²) in [5.74, 6) is -8.18. The number of esters is 3. The van der Waals surface area contributed by atoms with E-state index in [0.717, 1.165) is 12.2 Å². The Kier molecular flexibility index (Phi) is 29.8. The standard InChI is InChI=1S/C69H90N6O20/c1-36-27-46-57(50(76)33-48(61(46)81)74-65(83)38(3)15-13-17-52(88-9)63(94-56(78)35-70)42(7)31-40(5)59(79)54(29-36)90-11)72-23-25-92-67(85)44-19-21-45(22-20-44)68(86)93-26-24-73-58-47-28-37(2)30-55(91-12)60(80)41(6)32-43(8)64(95-69(71)87)53(89-10)18-14-16-39(4)66(84)75-49(62(47)82)34-51(58)77/h13-22,31-34,36-37,40-41,52-55,59-60,63-64,72-73,79-80H,23-30,35,70H2,1-12H3,(H2,71,87)(H,74,83)(H,75,84)/b17-13-,18-14-,38-15+,39-16+,42-31+,43-32+. The summed E-state index contributed by atoms with van der Waals surface area (Å²) in [7, 11) is 5.66. The summed E-state index contributed by atoms with van der Waals surface area (Å²) >= 11 is 0. The van der Waals surface area contributed by atoms with Crippen LogP contribution in [0.25, 0.3) is 0 Å². The second kappa shape index (κ2) is 36.8. The molecule has 0 spiro atoms. The smallest absolute Gasteiger partial charge is 0.405 e. The number of fused-ring (bicyclic) bond motifs is 4. The Morgan fingerprint density at radius 2 is 0.958 bits per heavy atom. The third-order valence-electron chi connectivity index (χ3n) is 16.4. The number of primary amides is 1. The Morgan fingerprint density at radius 1 is 0.579 bits per heavy atom. The highest BCUT2D eigenvalue weighted by atomic mass is 16.6. The van der Waals surface area contributed by atoms with Gasteiger partial charge in [0.15, 0.2) is 12.2 Å². The Morgan fingerprint density at radius 3 is 1.31 bits per heavy atom. The lowest BCUT2D eigenvalue weighted by molar-refractivity contribution is -0.150. The maximum atomic E-state index is 14.2. The first-order valence-corrected chi connectivity index (χ1v) is 31.1. The molecular formula is C69H90N6O20. The average molecular weight is 1320 g/mol. The second-order valence-corrected chi connectivity index (χ2v) is 23.8. The zero-order valence-corrected chi connectivity index (χ0v) is 55.8. The maximum absolute atomic E-state index is 14.2. The number of hydrogen-bond donors (Lipinski definition) is 8.